The van der Waals surface area contributed by atoms with Gasteiger partial charge >= 0.3 is 0 Å². The van der Waals surface area contributed by atoms with E-state index in [0.717, 1.165) is 43.6 Å². The maximum absolute atomic E-state index is 5.59. The Morgan fingerprint density at radius 2 is 2.33 bits per heavy atom. The fourth-order valence-corrected chi connectivity index (χ4v) is 4.03. The van der Waals surface area contributed by atoms with Gasteiger partial charge in [-0.05, 0) is 20.0 Å². The molecule has 0 aromatic carbocycles. The molecule has 2 saturated heterocycles. The normalized spacial score (nSPS) is 30.9. The lowest BCUT2D eigenvalue weighted by molar-refractivity contribution is 0.184. The molecule has 118 valence electrons. The molecule has 3 rings (SSSR count). The largest absolute Gasteiger partial charge is 0.379 e. The molecule has 3 unspecified atom stereocenters. The van der Waals surface area contributed by atoms with Gasteiger partial charge in [0.2, 0.25) is 5.89 Å². The molecule has 2 fully saturated rings. The van der Waals surface area contributed by atoms with Crippen LogP contribution in [-0.2, 0) is 4.74 Å². The Labute approximate surface area is 130 Å². The molecular formula is C14H24N4O2S. The summed E-state index contributed by atoms with van der Waals surface area (Å²) in [6, 6.07) is 0.558. The molecule has 1 N–H and O–H groups in total. The topological polar surface area (TPSA) is 63.4 Å². The molecule has 1 aromatic rings. The molecule has 1 aromatic heterocycles. The predicted molar refractivity (Wildman–Crippen MR) is 82.6 cm³/mol. The van der Waals surface area contributed by atoms with Gasteiger partial charge in [-0.15, -0.1) is 0 Å². The number of hydrogen-bond donors (Lipinski definition) is 1. The first-order chi connectivity index (χ1) is 10.3. The number of rotatable bonds is 5. The second kappa shape index (κ2) is 7.09. The van der Waals surface area contributed by atoms with E-state index in [1.807, 2.05) is 11.8 Å². The van der Waals surface area contributed by atoms with Gasteiger partial charge < -0.3 is 14.6 Å². The van der Waals surface area contributed by atoms with Crippen LogP contribution in [0.3, 0.4) is 0 Å². The molecule has 0 radical (unpaired) electrons. The molecule has 0 saturated carbocycles. The van der Waals surface area contributed by atoms with Crippen molar-refractivity contribution in [2.24, 2.45) is 0 Å². The molecule has 0 spiro atoms. The highest BCUT2D eigenvalue weighted by molar-refractivity contribution is 7.99. The Morgan fingerprint density at radius 3 is 3.14 bits per heavy atom. The third-order valence-electron chi connectivity index (χ3n) is 4.21. The quantitative estimate of drug-likeness (QED) is 0.878. The molecule has 0 bridgehead atoms. The molecule has 3 heterocycles. The predicted octanol–water partition coefficient (Wildman–Crippen LogP) is 1.27. The summed E-state index contributed by atoms with van der Waals surface area (Å²) in [6.07, 6.45) is 1.11. The minimum Gasteiger partial charge on any atom is -0.379 e. The Kier molecular flexibility index (Phi) is 5.15. The van der Waals surface area contributed by atoms with Crippen LogP contribution in [0, 0.1) is 0 Å². The molecule has 0 aliphatic carbocycles. The summed E-state index contributed by atoms with van der Waals surface area (Å²) in [5.41, 5.74) is 0. The number of aromatic nitrogens is 2. The highest BCUT2D eigenvalue weighted by atomic mass is 32.2. The van der Waals surface area contributed by atoms with E-state index in [2.05, 4.69) is 34.3 Å². The maximum atomic E-state index is 5.59. The van der Waals surface area contributed by atoms with E-state index in [-0.39, 0.29) is 18.0 Å². The fourth-order valence-electron chi connectivity index (χ4n) is 2.82. The monoisotopic (exact) mass is 312 g/mol. The lowest BCUT2D eigenvalue weighted by Crippen LogP contribution is -2.35. The van der Waals surface area contributed by atoms with E-state index in [1.54, 1.807) is 0 Å². The second-order valence-corrected chi connectivity index (χ2v) is 6.92. The number of thioether (sulfide) groups is 1. The zero-order chi connectivity index (χ0) is 14.7. The first-order valence-electron chi connectivity index (χ1n) is 7.72. The van der Waals surface area contributed by atoms with Gasteiger partial charge in [0.25, 0.3) is 0 Å². The number of ether oxygens (including phenoxy) is 1. The van der Waals surface area contributed by atoms with Crippen molar-refractivity contribution in [3.63, 3.8) is 0 Å². The minimum atomic E-state index is 0.180. The van der Waals surface area contributed by atoms with Crippen molar-refractivity contribution in [1.29, 1.82) is 0 Å². The van der Waals surface area contributed by atoms with E-state index in [9.17, 15) is 0 Å². The number of nitrogens with zero attached hydrogens (tertiary/aromatic N) is 3. The first kappa shape index (κ1) is 15.3. The van der Waals surface area contributed by atoms with Crippen LogP contribution >= 0.6 is 11.8 Å². The van der Waals surface area contributed by atoms with Crippen LogP contribution in [0.2, 0.25) is 0 Å². The van der Waals surface area contributed by atoms with Gasteiger partial charge in [-0.1, -0.05) is 12.1 Å². The standard InChI is InChI=1S/C14H24N4O2S/c1-3-4-15-11-8-19-7-10(11)14-16-13(17-20-14)12-9-21-6-5-18(12)2/h10-12,15H,3-9H2,1-2H3. The van der Waals surface area contributed by atoms with Gasteiger partial charge in [0, 0.05) is 24.1 Å². The van der Waals surface area contributed by atoms with Gasteiger partial charge in [0.15, 0.2) is 5.82 Å². The molecule has 0 amide bonds. The van der Waals surface area contributed by atoms with Crippen LogP contribution in [0.25, 0.3) is 0 Å². The van der Waals surface area contributed by atoms with Gasteiger partial charge in [-0.2, -0.15) is 16.7 Å². The average molecular weight is 312 g/mol. The van der Waals surface area contributed by atoms with Crippen LogP contribution in [0.4, 0.5) is 0 Å². The molecule has 7 heteroatoms. The average Bonchev–Trinajstić information content (AvgIpc) is 3.14. The lowest BCUT2D eigenvalue weighted by atomic mass is 10.0. The number of hydrogen-bond acceptors (Lipinski definition) is 7. The molecule has 3 atom stereocenters. The fraction of sp³-hybridized carbons (Fsp3) is 0.857. The zero-order valence-corrected chi connectivity index (χ0v) is 13.6. The maximum Gasteiger partial charge on any atom is 0.233 e. The molecule has 2 aliphatic rings. The van der Waals surface area contributed by atoms with E-state index in [1.165, 1.54) is 5.75 Å². The molecule has 6 nitrogen and oxygen atoms in total. The summed E-state index contributed by atoms with van der Waals surface area (Å²) in [6.45, 7) is 5.62. The number of nitrogens with one attached hydrogen (secondary N) is 1. The third-order valence-corrected chi connectivity index (χ3v) is 5.23. The van der Waals surface area contributed by atoms with Crippen molar-refractivity contribution < 1.29 is 9.26 Å². The van der Waals surface area contributed by atoms with Crippen molar-refractivity contribution in [2.75, 3.05) is 44.9 Å². The molecule has 2 aliphatic heterocycles. The Balaban J connectivity index is 1.69. The van der Waals surface area contributed by atoms with Crippen molar-refractivity contribution in [2.45, 2.75) is 31.3 Å². The summed E-state index contributed by atoms with van der Waals surface area (Å²) < 4.78 is 11.1. The SMILES string of the molecule is CCCNC1COCC1c1nc(C2CSCCN2C)no1. The van der Waals surface area contributed by atoms with Crippen LogP contribution in [0.5, 0.6) is 0 Å². The van der Waals surface area contributed by atoms with E-state index >= 15 is 0 Å². The molecule has 21 heavy (non-hydrogen) atoms. The summed E-state index contributed by atoms with van der Waals surface area (Å²) >= 11 is 1.95. The summed E-state index contributed by atoms with van der Waals surface area (Å²) in [5.74, 6) is 3.94. The van der Waals surface area contributed by atoms with Crippen LogP contribution in [0.1, 0.15) is 37.0 Å². The van der Waals surface area contributed by atoms with Crippen LogP contribution in [0.15, 0.2) is 4.52 Å². The van der Waals surface area contributed by atoms with Gasteiger partial charge in [0.05, 0.1) is 25.2 Å². The van der Waals surface area contributed by atoms with Crippen molar-refractivity contribution in [3.05, 3.63) is 11.7 Å². The van der Waals surface area contributed by atoms with Gasteiger partial charge in [-0.3, -0.25) is 4.90 Å². The van der Waals surface area contributed by atoms with E-state index in [0.29, 0.717) is 6.61 Å². The molecular weight excluding hydrogens is 288 g/mol. The van der Waals surface area contributed by atoms with Crippen molar-refractivity contribution >= 4 is 11.8 Å². The highest BCUT2D eigenvalue weighted by Crippen LogP contribution is 2.29. The van der Waals surface area contributed by atoms with Crippen molar-refractivity contribution in [3.8, 4) is 0 Å². The van der Waals surface area contributed by atoms with E-state index < -0.39 is 0 Å². The smallest absolute Gasteiger partial charge is 0.233 e. The Morgan fingerprint density at radius 1 is 1.43 bits per heavy atom. The summed E-state index contributed by atoms with van der Waals surface area (Å²) in [4.78, 5) is 6.98. The minimum absolute atomic E-state index is 0.180. The highest BCUT2D eigenvalue weighted by Gasteiger charge is 2.35. The lowest BCUT2D eigenvalue weighted by Gasteiger charge is -2.29. The second-order valence-electron chi connectivity index (χ2n) is 5.77. The Bertz CT molecular complexity index is 456. The van der Waals surface area contributed by atoms with Crippen LogP contribution in [-0.4, -0.2) is 65.9 Å². The van der Waals surface area contributed by atoms with E-state index in [4.69, 9.17) is 9.26 Å². The third kappa shape index (κ3) is 3.41. The van der Waals surface area contributed by atoms with Gasteiger partial charge in [0.1, 0.15) is 0 Å². The summed E-state index contributed by atoms with van der Waals surface area (Å²) in [7, 11) is 2.13. The van der Waals surface area contributed by atoms with Crippen LogP contribution < -0.4 is 5.32 Å². The summed E-state index contributed by atoms with van der Waals surface area (Å²) in [5, 5.41) is 7.74. The van der Waals surface area contributed by atoms with Crippen molar-refractivity contribution in [1.82, 2.24) is 20.4 Å². The first-order valence-corrected chi connectivity index (χ1v) is 8.87. The zero-order valence-electron chi connectivity index (χ0n) is 12.7. The van der Waals surface area contributed by atoms with Gasteiger partial charge in [-0.25, -0.2) is 0 Å². The Hall–Kier alpha value is -0.630.